The summed E-state index contributed by atoms with van der Waals surface area (Å²) in [6.45, 7) is 2.67. The van der Waals surface area contributed by atoms with Crippen LogP contribution in [0.25, 0.3) is 0 Å². The zero-order valence-electron chi connectivity index (χ0n) is 14.4. The molecule has 1 aliphatic heterocycles. The number of ketones is 1. The van der Waals surface area contributed by atoms with Crippen LogP contribution in [0.1, 0.15) is 34.1 Å². The lowest BCUT2D eigenvalue weighted by Crippen LogP contribution is -2.37. The molecule has 1 amide bonds. The minimum atomic E-state index is -3.75. The van der Waals surface area contributed by atoms with Crippen LogP contribution in [-0.2, 0) is 27.8 Å². The normalized spacial score (nSPS) is 14.1. The predicted octanol–water partition coefficient (Wildman–Crippen LogP) is 2.20. The Kier molecular flexibility index (Phi) is 5.55. The van der Waals surface area contributed by atoms with E-state index in [0.29, 0.717) is 18.7 Å². The topological polar surface area (TPSA) is 83.5 Å². The van der Waals surface area contributed by atoms with Gasteiger partial charge in [-0.3, -0.25) is 9.59 Å². The molecule has 1 aromatic heterocycles. The van der Waals surface area contributed by atoms with Crippen molar-refractivity contribution in [3.63, 3.8) is 0 Å². The molecule has 6 nitrogen and oxygen atoms in total. The van der Waals surface area contributed by atoms with E-state index in [1.807, 2.05) is 11.4 Å². The molecule has 0 saturated heterocycles. The van der Waals surface area contributed by atoms with Gasteiger partial charge in [0.1, 0.15) is 0 Å². The highest BCUT2D eigenvalue weighted by molar-refractivity contribution is 7.89. The fourth-order valence-corrected chi connectivity index (χ4v) is 4.84. The summed E-state index contributed by atoms with van der Waals surface area (Å²) >= 11 is 1.71. The van der Waals surface area contributed by atoms with Gasteiger partial charge in [0.25, 0.3) is 0 Å². The van der Waals surface area contributed by atoms with Gasteiger partial charge in [0.15, 0.2) is 5.78 Å². The molecule has 0 unspecified atom stereocenters. The Labute approximate surface area is 156 Å². The Balaban J connectivity index is 1.56. The van der Waals surface area contributed by atoms with Gasteiger partial charge in [0.2, 0.25) is 15.9 Å². The molecule has 26 heavy (non-hydrogen) atoms. The predicted molar refractivity (Wildman–Crippen MR) is 99.7 cm³/mol. The van der Waals surface area contributed by atoms with Crippen LogP contribution in [-0.4, -0.2) is 38.1 Å². The van der Waals surface area contributed by atoms with Gasteiger partial charge in [-0.1, -0.05) is 12.1 Å². The molecule has 138 valence electrons. The minimum Gasteiger partial charge on any atom is -0.338 e. The molecular formula is C18H20N2O4S2. The van der Waals surface area contributed by atoms with E-state index < -0.39 is 10.0 Å². The van der Waals surface area contributed by atoms with Crippen molar-refractivity contribution >= 4 is 33.1 Å². The lowest BCUT2D eigenvalue weighted by Gasteiger charge is -2.27. The van der Waals surface area contributed by atoms with Crippen LogP contribution in [0.5, 0.6) is 0 Å². The summed E-state index contributed by atoms with van der Waals surface area (Å²) in [6.07, 6.45) is 0.952. The molecule has 2 heterocycles. The lowest BCUT2D eigenvalue weighted by molar-refractivity contribution is -0.131. The molecule has 2 aromatic rings. The Hall–Kier alpha value is -2.03. The highest BCUT2D eigenvalue weighted by atomic mass is 32.2. The first-order valence-electron chi connectivity index (χ1n) is 8.30. The van der Waals surface area contributed by atoms with Crippen LogP contribution < -0.4 is 4.72 Å². The number of thiophene rings is 1. The number of nitrogens with zero attached hydrogens (tertiary/aromatic N) is 1. The van der Waals surface area contributed by atoms with Crippen molar-refractivity contribution in [1.29, 1.82) is 0 Å². The number of benzene rings is 1. The second-order valence-electron chi connectivity index (χ2n) is 6.17. The highest BCUT2D eigenvalue weighted by Crippen LogP contribution is 2.24. The number of fused-ring (bicyclic) bond motifs is 1. The number of nitrogens with one attached hydrogen (secondary N) is 1. The van der Waals surface area contributed by atoms with Gasteiger partial charge < -0.3 is 4.90 Å². The van der Waals surface area contributed by atoms with Gasteiger partial charge in [0.05, 0.1) is 4.90 Å². The molecule has 3 rings (SSSR count). The van der Waals surface area contributed by atoms with Crippen LogP contribution in [0.4, 0.5) is 0 Å². The molecule has 0 aliphatic carbocycles. The van der Waals surface area contributed by atoms with Gasteiger partial charge in [-0.05, 0) is 42.5 Å². The Morgan fingerprint density at radius 1 is 1.27 bits per heavy atom. The van der Waals surface area contributed by atoms with Crippen LogP contribution in [0.3, 0.4) is 0 Å². The summed E-state index contributed by atoms with van der Waals surface area (Å²) < 4.78 is 27.1. The molecule has 1 aromatic carbocycles. The molecule has 1 aliphatic rings. The van der Waals surface area contributed by atoms with Gasteiger partial charge in [-0.25, -0.2) is 13.1 Å². The molecule has 0 fully saturated rings. The van der Waals surface area contributed by atoms with Crippen molar-refractivity contribution in [2.45, 2.75) is 31.2 Å². The zero-order valence-corrected chi connectivity index (χ0v) is 16.0. The second kappa shape index (κ2) is 7.69. The minimum absolute atomic E-state index is 0.0262. The third kappa shape index (κ3) is 4.20. The van der Waals surface area contributed by atoms with Crippen molar-refractivity contribution in [2.75, 3.05) is 13.1 Å². The van der Waals surface area contributed by atoms with Crippen molar-refractivity contribution in [1.82, 2.24) is 9.62 Å². The molecule has 0 saturated carbocycles. The molecule has 0 atom stereocenters. The molecule has 0 radical (unpaired) electrons. The lowest BCUT2D eigenvalue weighted by atomic mass is 10.1. The van der Waals surface area contributed by atoms with Crippen molar-refractivity contribution in [3.05, 3.63) is 51.7 Å². The van der Waals surface area contributed by atoms with Gasteiger partial charge in [-0.2, -0.15) is 0 Å². The maximum atomic E-state index is 12.3. The average molecular weight is 393 g/mol. The number of carbonyl (C=O) groups excluding carboxylic acids is 2. The first kappa shape index (κ1) is 18.8. The summed E-state index contributed by atoms with van der Waals surface area (Å²) in [6, 6.07) is 7.90. The summed E-state index contributed by atoms with van der Waals surface area (Å²) in [4.78, 5) is 26.9. The average Bonchev–Trinajstić information content (AvgIpc) is 3.09. The Bertz CT molecular complexity index is 934. The standard InChI is InChI=1S/C18H20N2O4S2/c1-13(21)14-3-2-4-16(11-14)26(23,24)19-8-5-18(22)20-9-6-17-15(12-20)7-10-25-17/h2-4,7,10-11,19H,5-6,8-9,12H2,1H3. The summed E-state index contributed by atoms with van der Waals surface area (Å²) in [7, 11) is -3.75. The fourth-order valence-electron chi connectivity index (χ4n) is 2.88. The summed E-state index contributed by atoms with van der Waals surface area (Å²) in [5, 5.41) is 2.03. The maximum Gasteiger partial charge on any atom is 0.240 e. The Morgan fingerprint density at radius 3 is 2.85 bits per heavy atom. The number of Topliss-reactive ketones (excluding diaryl/α,β-unsaturated/α-hetero) is 1. The van der Waals surface area contributed by atoms with Crippen molar-refractivity contribution < 1.29 is 18.0 Å². The monoisotopic (exact) mass is 392 g/mol. The first-order valence-corrected chi connectivity index (χ1v) is 10.7. The van der Waals surface area contributed by atoms with Gasteiger partial charge in [0, 0.05) is 36.5 Å². The summed E-state index contributed by atoms with van der Waals surface area (Å²) in [5.41, 5.74) is 1.51. The van der Waals surface area contributed by atoms with Gasteiger partial charge in [-0.15, -0.1) is 11.3 Å². The molecule has 1 N–H and O–H groups in total. The smallest absolute Gasteiger partial charge is 0.240 e. The summed E-state index contributed by atoms with van der Waals surface area (Å²) in [5.74, 6) is -0.267. The van der Waals surface area contributed by atoms with E-state index in [0.717, 1.165) is 6.42 Å². The Morgan fingerprint density at radius 2 is 2.08 bits per heavy atom. The van der Waals surface area contributed by atoms with E-state index in [9.17, 15) is 18.0 Å². The third-order valence-corrected chi connectivity index (χ3v) is 6.82. The van der Waals surface area contributed by atoms with E-state index >= 15 is 0 Å². The van der Waals surface area contributed by atoms with Crippen LogP contribution >= 0.6 is 11.3 Å². The third-order valence-electron chi connectivity index (χ3n) is 4.34. The first-order chi connectivity index (χ1) is 12.4. The quantitative estimate of drug-likeness (QED) is 0.764. The number of hydrogen-bond donors (Lipinski definition) is 1. The number of hydrogen-bond acceptors (Lipinski definition) is 5. The van der Waals surface area contributed by atoms with Crippen molar-refractivity contribution in [2.24, 2.45) is 0 Å². The second-order valence-corrected chi connectivity index (χ2v) is 8.93. The maximum absolute atomic E-state index is 12.3. The fraction of sp³-hybridized carbons (Fsp3) is 0.333. The number of amides is 1. The number of carbonyl (C=O) groups is 2. The van der Waals surface area contributed by atoms with E-state index in [2.05, 4.69) is 4.72 Å². The highest BCUT2D eigenvalue weighted by Gasteiger charge is 2.22. The van der Waals surface area contributed by atoms with Gasteiger partial charge >= 0.3 is 0 Å². The van der Waals surface area contributed by atoms with Crippen LogP contribution in [0.2, 0.25) is 0 Å². The van der Waals surface area contributed by atoms with E-state index in [4.69, 9.17) is 0 Å². The largest absolute Gasteiger partial charge is 0.338 e. The molecule has 0 bridgehead atoms. The van der Waals surface area contributed by atoms with E-state index in [1.54, 1.807) is 22.3 Å². The number of sulfonamides is 1. The van der Waals surface area contributed by atoms with Crippen molar-refractivity contribution in [3.8, 4) is 0 Å². The van der Waals surface area contributed by atoms with Crippen LogP contribution in [0, 0.1) is 0 Å². The number of rotatable bonds is 6. The molecule has 8 heteroatoms. The van der Waals surface area contributed by atoms with E-state index in [1.165, 1.54) is 35.6 Å². The zero-order chi connectivity index (χ0) is 18.7. The SMILES string of the molecule is CC(=O)c1cccc(S(=O)(=O)NCCC(=O)N2CCc3sccc3C2)c1. The molecular weight excluding hydrogens is 372 g/mol. The molecule has 0 spiro atoms. The van der Waals surface area contributed by atoms with Crippen LogP contribution in [0.15, 0.2) is 40.6 Å². The van der Waals surface area contributed by atoms with E-state index in [-0.39, 0.29) is 29.6 Å².